The van der Waals surface area contributed by atoms with E-state index in [2.05, 4.69) is 15.9 Å². The molecule has 8 heteroatoms. The molecule has 20 heavy (non-hydrogen) atoms. The van der Waals surface area contributed by atoms with Crippen molar-refractivity contribution < 1.29 is 17.5 Å². The van der Waals surface area contributed by atoms with Crippen LogP contribution in [-0.4, -0.2) is 38.5 Å². The first-order valence-electron chi connectivity index (χ1n) is 6.22. The average Bonchev–Trinajstić information content (AvgIpc) is 2.42. The molecule has 0 saturated carbocycles. The van der Waals surface area contributed by atoms with Crippen LogP contribution >= 0.6 is 15.9 Å². The van der Waals surface area contributed by atoms with E-state index in [-0.39, 0.29) is 18.3 Å². The van der Waals surface area contributed by atoms with E-state index in [9.17, 15) is 12.8 Å². The highest BCUT2D eigenvalue weighted by Crippen LogP contribution is 2.29. The lowest BCUT2D eigenvalue weighted by molar-refractivity contribution is 0.0313. The number of halogens is 2. The number of nitrogens with two attached hydrogens (primary N) is 1. The summed E-state index contributed by atoms with van der Waals surface area (Å²) in [7, 11) is -3.92. The minimum Gasteiger partial charge on any atom is -0.398 e. The zero-order valence-electron chi connectivity index (χ0n) is 11.0. The van der Waals surface area contributed by atoms with Crippen molar-refractivity contribution in [3.8, 4) is 0 Å². The normalized spacial score (nSPS) is 21.1. The first-order chi connectivity index (χ1) is 9.37. The lowest BCUT2D eigenvalue weighted by atomic mass is 10.2. The number of hydrogen-bond acceptors (Lipinski definition) is 4. The Morgan fingerprint density at radius 2 is 2.25 bits per heavy atom. The van der Waals surface area contributed by atoms with Gasteiger partial charge in [-0.2, -0.15) is 4.31 Å². The van der Waals surface area contributed by atoms with Gasteiger partial charge in [0.25, 0.3) is 0 Å². The van der Waals surface area contributed by atoms with Crippen molar-refractivity contribution in [2.45, 2.75) is 24.3 Å². The molecule has 0 spiro atoms. The van der Waals surface area contributed by atoms with Gasteiger partial charge >= 0.3 is 0 Å². The highest BCUT2D eigenvalue weighted by atomic mass is 79.9. The van der Waals surface area contributed by atoms with Gasteiger partial charge in [-0.25, -0.2) is 12.8 Å². The molecule has 1 aromatic rings. The molecule has 2 N–H and O–H groups in total. The summed E-state index contributed by atoms with van der Waals surface area (Å²) in [5, 5.41) is 0. The molecule has 0 bridgehead atoms. The number of anilines is 1. The molecular formula is C12H16BrFN2O3S. The van der Waals surface area contributed by atoms with Crippen molar-refractivity contribution in [2.24, 2.45) is 0 Å². The van der Waals surface area contributed by atoms with E-state index >= 15 is 0 Å². The Balaban J connectivity index is 2.46. The summed E-state index contributed by atoms with van der Waals surface area (Å²) in [5.74, 6) is -0.813. The first kappa shape index (κ1) is 15.7. The van der Waals surface area contributed by atoms with Gasteiger partial charge in [-0.05, 0) is 34.5 Å². The Hall–Kier alpha value is -0.700. The molecule has 0 amide bonds. The van der Waals surface area contributed by atoms with Gasteiger partial charge < -0.3 is 10.5 Å². The molecule has 0 aromatic heterocycles. The van der Waals surface area contributed by atoms with Crippen molar-refractivity contribution in [3.05, 3.63) is 22.4 Å². The molecule has 1 aliphatic rings. The predicted molar refractivity (Wildman–Crippen MR) is 77.3 cm³/mol. The number of sulfonamides is 1. The average molecular weight is 367 g/mol. The van der Waals surface area contributed by atoms with Crippen LogP contribution in [-0.2, 0) is 14.8 Å². The summed E-state index contributed by atoms with van der Waals surface area (Å²) in [6, 6.07) is 1.94. The highest BCUT2D eigenvalue weighted by molar-refractivity contribution is 9.10. The van der Waals surface area contributed by atoms with E-state index in [0.29, 0.717) is 24.1 Å². The van der Waals surface area contributed by atoms with Crippen LogP contribution in [0.2, 0.25) is 0 Å². The van der Waals surface area contributed by atoms with Crippen LogP contribution < -0.4 is 5.73 Å². The molecule has 1 fully saturated rings. The van der Waals surface area contributed by atoms with Crippen molar-refractivity contribution in [1.82, 2.24) is 4.31 Å². The number of benzene rings is 1. The van der Waals surface area contributed by atoms with Crippen LogP contribution in [0.25, 0.3) is 0 Å². The molecular weight excluding hydrogens is 351 g/mol. The highest BCUT2D eigenvalue weighted by Gasteiger charge is 2.35. The van der Waals surface area contributed by atoms with Crippen LogP contribution in [0.1, 0.15) is 13.3 Å². The van der Waals surface area contributed by atoms with E-state index in [4.69, 9.17) is 10.5 Å². The monoisotopic (exact) mass is 366 g/mol. The molecule has 1 unspecified atom stereocenters. The maximum absolute atomic E-state index is 14.0. The quantitative estimate of drug-likeness (QED) is 0.830. The van der Waals surface area contributed by atoms with Crippen molar-refractivity contribution >= 4 is 31.6 Å². The fourth-order valence-corrected chi connectivity index (χ4v) is 4.21. The lowest BCUT2D eigenvalue weighted by Gasteiger charge is -2.34. The number of ether oxygens (including phenoxy) is 1. The van der Waals surface area contributed by atoms with Crippen LogP contribution in [0, 0.1) is 5.82 Å². The fraction of sp³-hybridized carbons (Fsp3) is 0.500. The molecule has 112 valence electrons. The Kier molecular flexibility index (Phi) is 4.68. The maximum atomic E-state index is 14.0. The topological polar surface area (TPSA) is 72.6 Å². The second-order valence-corrected chi connectivity index (χ2v) is 7.27. The maximum Gasteiger partial charge on any atom is 0.246 e. The van der Waals surface area contributed by atoms with Gasteiger partial charge in [-0.1, -0.05) is 6.92 Å². The minimum absolute atomic E-state index is 0.186. The number of nitrogens with zero attached hydrogens (tertiary/aromatic N) is 1. The van der Waals surface area contributed by atoms with E-state index in [1.807, 2.05) is 6.92 Å². The van der Waals surface area contributed by atoms with Crippen LogP contribution in [0.3, 0.4) is 0 Å². The third kappa shape index (κ3) is 2.83. The Bertz CT molecular complexity index is 609. The Labute approximate surface area is 126 Å². The van der Waals surface area contributed by atoms with E-state index in [1.165, 1.54) is 4.31 Å². The Morgan fingerprint density at radius 1 is 1.55 bits per heavy atom. The van der Waals surface area contributed by atoms with Crippen molar-refractivity contribution in [3.63, 3.8) is 0 Å². The molecule has 0 radical (unpaired) electrons. The minimum atomic E-state index is -3.92. The summed E-state index contributed by atoms with van der Waals surface area (Å²) >= 11 is 3.08. The summed E-state index contributed by atoms with van der Waals surface area (Å²) in [6.45, 7) is 2.72. The standard InChI is InChI=1S/C12H16BrFN2O3S/c1-2-8-7-19-4-3-16(8)20(17,18)12-6-11(15)9(13)5-10(12)14/h5-6,8H,2-4,7,15H2,1H3. The molecule has 1 heterocycles. The summed E-state index contributed by atoms with van der Waals surface area (Å²) in [4.78, 5) is -0.390. The van der Waals surface area contributed by atoms with Crippen molar-refractivity contribution in [1.29, 1.82) is 0 Å². The van der Waals surface area contributed by atoms with Crippen LogP contribution in [0.5, 0.6) is 0 Å². The SMILES string of the molecule is CCC1COCCN1S(=O)(=O)c1cc(N)c(Br)cc1F. The second kappa shape index (κ2) is 5.97. The van der Waals surface area contributed by atoms with E-state index in [1.54, 1.807) is 0 Å². The van der Waals surface area contributed by atoms with E-state index in [0.717, 1.165) is 12.1 Å². The van der Waals surface area contributed by atoms with E-state index < -0.39 is 20.7 Å². The smallest absolute Gasteiger partial charge is 0.246 e. The van der Waals surface area contributed by atoms with Crippen molar-refractivity contribution in [2.75, 3.05) is 25.5 Å². The van der Waals surface area contributed by atoms with Crippen LogP contribution in [0.15, 0.2) is 21.5 Å². The second-order valence-electron chi connectivity index (χ2n) is 4.56. The molecule has 1 atom stereocenters. The zero-order valence-corrected chi connectivity index (χ0v) is 13.4. The summed E-state index contributed by atoms with van der Waals surface area (Å²) < 4.78 is 46.1. The summed E-state index contributed by atoms with van der Waals surface area (Å²) in [5.41, 5.74) is 5.85. The zero-order chi connectivity index (χ0) is 14.9. The molecule has 1 saturated heterocycles. The largest absolute Gasteiger partial charge is 0.398 e. The predicted octanol–water partition coefficient (Wildman–Crippen LogP) is 1.97. The number of rotatable bonds is 3. The molecule has 0 aliphatic carbocycles. The van der Waals surface area contributed by atoms with Gasteiger partial charge in [0, 0.05) is 22.7 Å². The van der Waals surface area contributed by atoms with Gasteiger partial charge in [0.05, 0.1) is 13.2 Å². The molecule has 5 nitrogen and oxygen atoms in total. The van der Waals surface area contributed by atoms with Crippen LogP contribution in [0.4, 0.5) is 10.1 Å². The van der Waals surface area contributed by atoms with Gasteiger partial charge in [-0.15, -0.1) is 0 Å². The third-order valence-corrected chi connectivity index (χ3v) is 5.94. The third-order valence-electron chi connectivity index (χ3n) is 3.28. The van der Waals surface area contributed by atoms with Gasteiger partial charge in [0.1, 0.15) is 10.7 Å². The fourth-order valence-electron chi connectivity index (χ4n) is 2.15. The Morgan fingerprint density at radius 3 is 2.90 bits per heavy atom. The molecule has 1 aromatic carbocycles. The lowest BCUT2D eigenvalue weighted by Crippen LogP contribution is -2.48. The van der Waals surface area contributed by atoms with Gasteiger partial charge in [-0.3, -0.25) is 0 Å². The number of hydrogen-bond donors (Lipinski definition) is 1. The molecule has 1 aliphatic heterocycles. The molecule has 2 rings (SSSR count). The summed E-state index contributed by atoms with van der Waals surface area (Å²) in [6.07, 6.45) is 0.604. The number of nitrogen functional groups attached to an aromatic ring is 1. The van der Waals surface area contributed by atoms with Gasteiger partial charge in [0.2, 0.25) is 10.0 Å². The number of morpholine rings is 1. The first-order valence-corrected chi connectivity index (χ1v) is 8.45. The van der Waals surface area contributed by atoms with Gasteiger partial charge in [0.15, 0.2) is 0 Å².